The van der Waals surface area contributed by atoms with E-state index < -0.39 is 5.60 Å². The number of nitrogens with one attached hydrogen (secondary N) is 2. The van der Waals surface area contributed by atoms with Gasteiger partial charge in [-0.25, -0.2) is 0 Å². The molecule has 3 N–H and O–H groups in total. The molecule has 0 saturated heterocycles. The molecular formula is C17H22N2O3. The molecule has 22 heavy (non-hydrogen) atoms. The van der Waals surface area contributed by atoms with E-state index in [9.17, 15) is 14.7 Å². The Labute approximate surface area is 130 Å². The van der Waals surface area contributed by atoms with Crippen molar-refractivity contribution in [2.75, 3.05) is 11.9 Å². The van der Waals surface area contributed by atoms with Crippen molar-refractivity contribution in [2.45, 2.75) is 37.7 Å². The minimum absolute atomic E-state index is 0.120. The van der Waals surface area contributed by atoms with E-state index in [4.69, 9.17) is 0 Å². The van der Waals surface area contributed by atoms with Crippen LogP contribution in [0.4, 0.5) is 5.69 Å². The van der Waals surface area contributed by atoms with Gasteiger partial charge < -0.3 is 15.7 Å². The Balaban J connectivity index is 1.89. The van der Waals surface area contributed by atoms with Gasteiger partial charge in [0.05, 0.1) is 12.0 Å². The molecule has 0 radical (unpaired) electrons. The smallest absolute Gasteiger partial charge is 0.251 e. The molecule has 1 fully saturated rings. The second-order valence-corrected chi connectivity index (χ2v) is 5.73. The van der Waals surface area contributed by atoms with Gasteiger partial charge in [0.2, 0.25) is 5.91 Å². The van der Waals surface area contributed by atoms with Crippen LogP contribution in [0.15, 0.2) is 36.9 Å². The number of rotatable bonds is 6. The molecule has 2 rings (SSSR count). The van der Waals surface area contributed by atoms with Crippen LogP contribution in [0.1, 0.15) is 42.5 Å². The highest BCUT2D eigenvalue weighted by Crippen LogP contribution is 2.32. The van der Waals surface area contributed by atoms with Crippen molar-refractivity contribution in [3.8, 4) is 0 Å². The summed E-state index contributed by atoms with van der Waals surface area (Å²) in [5, 5.41) is 15.7. The molecule has 0 spiro atoms. The first-order chi connectivity index (χ1) is 10.5. The first-order valence-corrected chi connectivity index (χ1v) is 7.54. The normalized spacial score (nSPS) is 16.0. The molecule has 0 atom stereocenters. The summed E-state index contributed by atoms with van der Waals surface area (Å²) in [7, 11) is 0. The Hall–Kier alpha value is -2.14. The zero-order valence-corrected chi connectivity index (χ0v) is 12.6. The van der Waals surface area contributed by atoms with Crippen molar-refractivity contribution in [2.24, 2.45) is 0 Å². The number of carbonyl (C=O) groups excluding carboxylic acids is 2. The van der Waals surface area contributed by atoms with Gasteiger partial charge in [0, 0.05) is 17.8 Å². The summed E-state index contributed by atoms with van der Waals surface area (Å²) >= 11 is 0. The van der Waals surface area contributed by atoms with Gasteiger partial charge >= 0.3 is 0 Å². The highest BCUT2D eigenvalue weighted by Gasteiger charge is 2.33. The maximum Gasteiger partial charge on any atom is 0.251 e. The molecule has 1 aromatic rings. The molecule has 5 nitrogen and oxygen atoms in total. The van der Waals surface area contributed by atoms with Gasteiger partial charge in [-0.05, 0) is 37.1 Å². The zero-order valence-electron chi connectivity index (χ0n) is 12.6. The lowest BCUT2D eigenvalue weighted by atomic mass is 9.97. The summed E-state index contributed by atoms with van der Waals surface area (Å²) in [4.78, 5) is 23.7. The maximum absolute atomic E-state index is 12.0. The first-order valence-electron chi connectivity index (χ1n) is 7.54. The van der Waals surface area contributed by atoms with Crippen molar-refractivity contribution < 1.29 is 14.7 Å². The van der Waals surface area contributed by atoms with Crippen molar-refractivity contribution in [3.63, 3.8) is 0 Å². The SMILES string of the molecule is C=CCNC(=O)c1ccc(NC(=O)CC2(O)CCCC2)cc1. The number of anilines is 1. The molecule has 0 bridgehead atoms. The largest absolute Gasteiger partial charge is 0.389 e. The Morgan fingerprint density at radius 3 is 2.45 bits per heavy atom. The van der Waals surface area contributed by atoms with Crippen LogP contribution >= 0.6 is 0 Å². The third kappa shape index (κ3) is 4.43. The standard InChI is InChI=1S/C17H22N2O3/c1-2-11-18-16(21)13-5-7-14(8-6-13)19-15(20)12-17(22)9-3-4-10-17/h2,5-8,22H,1,3-4,9-12H2,(H,18,21)(H,19,20). The molecule has 1 aliphatic carbocycles. The fraction of sp³-hybridized carbons (Fsp3) is 0.412. The molecular weight excluding hydrogens is 280 g/mol. The number of benzene rings is 1. The molecule has 5 heteroatoms. The molecule has 118 valence electrons. The molecule has 0 unspecified atom stereocenters. The van der Waals surface area contributed by atoms with Gasteiger partial charge in [0.15, 0.2) is 0 Å². The Morgan fingerprint density at radius 2 is 1.86 bits per heavy atom. The molecule has 2 amide bonds. The van der Waals surface area contributed by atoms with Gasteiger partial charge in [0.25, 0.3) is 5.91 Å². The first kappa shape index (κ1) is 16.2. The van der Waals surface area contributed by atoms with E-state index in [0.717, 1.165) is 12.8 Å². The van der Waals surface area contributed by atoms with E-state index >= 15 is 0 Å². The second-order valence-electron chi connectivity index (χ2n) is 5.73. The number of carbonyl (C=O) groups is 2. The van der Waals surface area contributed by atoms with E-state index in [1.165, 1.54) is 0 Å². The van der Waals surface area contributed by atoms with Gasteiger partial charge in [-0.15, -0.1) is 6.58 Å². The molecule has 1 saturated carbocycles. The molecule has 1 aliphatic rings. The second kappa shape index (κ2) is 7.22. The third-order valence-electron chi connectivity index (χ3n) is 3.86. The minimum Gasteiger partial charge on any atom is -0.389 e. The molecule has 0 aromatic heterocycles. The molecule has 1 aromatic carbocycles. The lowest BCUT2D eigenvalue weighted by molar-refractivity contribution is -0.120. The number of amides is 2. The maximum atomic E-state index is 12.0. The molecule has 0 aliphatic heterocycles. The van der Waals surface area contributed by atoms with Crippen LogP contribution < -0.4 is 10.6 Å². The van der Waals surface area contributed by atoms with Crippen molar-refractivity contribution in [1.82, 2.24) is 5.32 Å². The topological polar surface area (TPSA) is 78.4 Å². The highest BCUT2D eigenvalue weighted by atomic mass is 16.3. The summed E-state index contributed by atoms with van der Waals surface area (Å²) in [5.74, 6) is -0.383. The number of hydrogen-bond donors (Lipinski definition) is 3. The van der Waals surface area contributed by atoms with Crippen molar-refractivity contribution in [3.05, 3.63) is 42.5 Å². The van der Waals surface area contributed by atoms with Crippen LogP contribution in [0.25, 0.3) is 0 Å². The number of hydrogen-bond acceptors (Lipinski definition) is 3. The summed E-state index contributed by atoms with van der Waals surface area (Å²) < 4.78 is 0. The predicted molar refractivity (Wildman–Crippen MR) is 85.6 cm³/mol. The van der Waals surface area contributed by atoms with E-state index in [1.807, 2.05) is 0 Å². The van der Waals surface area contributed by atoms with Crippen LogP contribution in [0.5, 0.6) is 0 Å². The van der Waals surface area contributed by atoms with Crippen molar-refractivity contribution in [1.29, 1.82) is 0 Å². The van der Waals surface area contributed by atoms with Gasteiger partial charge in [-0.1, -0.05) is 18.9 Å². The average molecular weight is 302 g/mol. The van der Waals surface area contributed by atoms with Gasteiger partial charge in [-0.3, -0.25) is 9.59 Å². The van der Waals surface area contributed by atoms with Gasteiger partial charge in [-0.2, -0.15) is 0 Å². The molecule has 0 heterocycles. The summed E-state index contributed by atoms with van der Waals surface area (Å²) in [5.41, 5.74) is 0.287. The summed E-state index contributed by atoms with van der Waals surface area (Å²) in [6.45, 7) is 3.95. The van der Waals surface area contributed by atoms with Crippen LogP contribution in [0, 0.1) is 0 Å². The fourth-order valence-corrected chi connectivity index (χ4v) is 2.69. The summed E-state index contributed by atoms with van der Waals surface area (Å²) in [6.07, 6.45) is 5.04. The van der Waals surface area contributed by atoms with E-state index in [1.54, 1.807) is 30.3 Å². The van der Waals surface area contributed by atoms with Crippen molar-refractivity contribution >= 4 is 17.5 Å². The lowest BCUT2D eigenvalue weighted by Gasteiger charge is -2.21. The van der Waals surface area contributed by atoms with Crippen LogP contribution in [0.2, 0.25) is 0 Å². The summed E-state index contributed by atoms with van der Waals surface area (Å²) in [6, 6.07) is 6.66. The Kier molecular flexibility index (Phi) is 5.33. The van der Waals surface area contributed by atoms with E-state index in [-0.39, 0.29) is 18.2 Å². The van der Waals surface area contributed by atoms with Crippen LogP contribution in [-0.2, 0) is 4.79 Å². The van der Waals surface area contributed by atoms with Crippen LogP contribution in [-0.4, -0.2) is 29.1 Å². The average Bonchev–Trinajstić information content (AvgIpc) is 2.91. The Morgan fingerprint density at radius 1 is 1.23 bits per heavy atom. The van der Waals surface area contributed by atoms with Crippen LogP contribution in [0.3, 0.4) is 0 Å². The zero-order chi connectivity index (χ0) is 16.0. The third-order valence-corrected chi connectivity index (χ3v) is 3.86. The highest BCUT2D eigenvalue weighted by molar-refractivity contribution is 5.96. The van der Waals surface area contributed by atoms with Gasteiger partial charge in [0.1, 0.15) is 0 Å². The fourth-order valence-electron chi connectivity index (χ4n) is 2.69. The van der Waals surface area contributed by atoms with E-state index in [0.29, 0.717) is 30.6 Å². The quantitative estimate of drug-likeness (QED) is 0.705. The lowest BCUT2D eigenvalue weighted by Crippen LogP contribution is -2.30. The van der Waals surface area contributed by atoms with E-state index in [2.05, 4.69) is 17.2 Å². The minimum atomic E-state index is -0.853. The number of aliphatic hydroxyl groups is 1. The predicted octanol–water partition coefficient (Wildman–Crippen LogP) is 2.24. The Bertz CT molecular complexity index is 546. The monoisotopic (exact) mass is 302 g/mol.